The Labute approximate surface area is 90.5 Å². The van der Waals surface area contributed by atoms with Crippen molar-refractivity contribution < 1.29 is 9.90 Å². The van der Waals surface area contributed by atoms with E-state index in [0.717, 1.165) is 0 Å². The lowest BCUT2D eigenvalue weighted by Gasteiger charge is -2.00. The van der Waals surface area contributed by atoms with Gasteiger partial charge < -0.3 is 10.1 Å². The molecule has 0 saturated carbocycles. The van der Waals surface area contributed by atoms with Gasteiger partial charge in [-0.15, -0.1) is 0 Å². The Hall–Kier alpha value is -2.11. The molecule has 0 fully saturated rings. The first kappa shape index (κ1) is 10.4. The number of carbonyl (C=O) groups is 1. The summed E-state index contributed by atoms with van der Waals surface area (Å²) in [6.07, 6.45) is 2.68. The summed E-state index contributed by atoms with van der Waals surface area (Å²) in [4.78, 5) is 24.5. The van der Waals surface area contributed by atoms with Crippen molar-refractivity contribution in [1.82, 2.24) is 14.6 Å². The molecule has 6 heteroatoms. The molecule has 16 heavy (non-hydrogen) atoms. The number of rotatable bonds is 4. The summed E-state index contributed by atoms with van der Waals surface area (Å²) in [5, 5.41) is 12.6. The second kappa shape index (κ2) is 4.18. The van der Waals surface area contributed by atoms with Crippen LogP contribution in [0.1, 0.15) is 18.7 Å². The molecule has 0 aliphatic heterocycles. The fourth-order valence-electron chi connectivity index (χ4n) is 1.51. The molecule has 0 spiro atoms. The van der Waals surface area contributed by atoms with Gasteiger partial charge in [-0.2, -0.15) is 5.10 Å². The standard InChI is InChI=1S/C10H11N3O3/c14-9(15)5-1-4-8-11-10(16)7-3-2-6-13(7)12-8/h2-3,6H,1,4-5H2,(H,14,15)(H,11,12,16). The monoisotopic (exact) mass is 221 g/mol. The maximum atomic E-state index is 11.5. The van der Waals surface area contributed by atoms with Crippen molar-refractivity contribution in [2.24, 2.45) is 0 Å². The van der Waals surface area contributed by atoms with Gasteiger partial charge in [-0.3, -0.25) is 9.59 Å². The largest absolute Gasteiger partial charge is 0.481 e. The van der Waals surface area contributed by atoms with Crippen molar-refractivity contribution in [3.63, 3.8) is 0 Å². The highest BCUT2D eigenvalue weighted by atomic mass is 16.4. The summed E-state index contributed by atoms with van der Waals surface area (Å²) in [5.41, 5.74) is 0.285. The number of aryl methyl sites for hydroxylation is 1. The maximum Gasteiger partial charge on any atom is 0.303 e. The van der Waals surface area contributed by atoms with Crippen LogP contribution in [0.3, 0.4) is 0 Å². The van der Waals surface area contributed by atoms with Crippen molar-refractivity contribution in [1.29, 1.82) is 0 Å². The normalized spacial score (nSPS) is 10.8. The van der Waals surface area contributed by atoms with Crippen LogP contribution in [-0.4, -0.2) is 25.7 Å². The molecule has 0 atom stereocenters. The molecule has 0 radical (unpaired) electrons. The molecule has 0 bridgehead atoms. The Balaban J connectivity index is 2.18. The van der Waals surface area contributed by atoms with Crippen molar-refractivity contribution >= 4 is 11.5 Å². The molecule has 0 aliphatic carbocycles. The number of aromatic nitrogens is 3. The van der Waals surface area contributed by atoms with Gasteiger partial charge in [0.25, 0.3) is 5.56 Å². The van der Waals surface area contributed by atoms with E-state index in [2.05, 4.69) is 10.1 Å². The average Bonchev–Trinajstić information content (AvgIpc) is 2.65. The van der Waals surface area contributed by atoms with Crippen LogP contribution < -0.4 is 5.56 Å². The summed E-state index contributed by atoms with van der Waals surface area (Å²) < 4.78 is 1.49. The first-order chi connectivity index (χ1) is 7.66. The first-order valence-electron chi connectivity index (χ1n) is 4.95. The number of hydrogen-bond acceptors (Lipinski definition) is 3. The molecular formula is C10H11N3O3. The van der Waals surface area contributed by atoms with Crippen LogP contribution in [0.4, 0.5) is 0 Å². The lowest BCUT2D eigenvalue weighted by molar-refractivity contribution is -0.137. The highest BCUT2D eigenvalue weighted by molar-refractivity contribution is 5.66. The van der Waals surface area contributed by atoms with Gasteiger partial charge in [0.1, 0.15) is 11.3 Å². The molecule has 0 aliphatic rings. The summed E-state index contributed by atoms with van der Waals surface area (Å²) in [5.74, 6) is -0.334. The third-order valence-electron chi connectivity index (χ3n) is 2.25. The highest BCUT2D eigenvalue weighted by Gasteiger charge is 2.04. The number of H-pyrrole nitrogens is 1. The molecule has 2 aromatic heterocycles. The van der Waals surface area contributed by atoms with Gasteiger partial charge in [-0.25, -0.2) is 4.52 Å². The van der Waals surface area contributed by atoms with Gasteiger partial charge in [0.2, 0.25) is 0 Å². The number of fused-ring (bicyclic) bond motifs is 1. The number of nitrogens with one attached hydrogen (secondary N) is 1. The number of aliphatic carboxylic acids is 1. The molecule has 0 saturated heterocycles. The van der Waals surface area contributed by atoms with Crippen LogP contribution in [0.2, 0.25) is 0 Å². The number of carboxylic acids is 1. The van der Waals surface area contributed by atoms with Crippen molar-refractivity contribution in [3.05, 3.63) is 34.5 Å². The highest BCUT2D eigenvalue weighted by Crippen LogP contribution is 2.00. The lowest BCUT2D eigenvalue weighted by atomic mass is 10.2. The van der Waals surface area contributed by atoms with Crippen LogP contribution in [0.15, 0.2) is 23.1 Å². The zero-order chi connectivity index (χ0) is 11.5. The average molecular weight is 221 g/mol. The molecule has 2 N–H and O–H groups in total. The molecule has 0 aromatic carbocycles. The SMILES string of the molecule is O=C(O)CCCc1nn2cccc2c(=O)[nH]1. The third-order valence-corrected chi connectivity index (χ3v) is 2.25. The molecule has 2 aromatic rings. The van der Waals surface area contributed by atoms with Crippen LogP contribution in [0.25, 0.3) is 5.52 Å². The second-order valence-electron chi connectivity index (χ2n) is 3.49. The van der Waals surface area contributed by atoms with E-state index in [4.69, 9.17) is 5.11 Å². The van der Waals surface area contributed by atoms with Crippen LogP contribution in [-0.2, 0) is 11.2 Å². The fraction of sp³-hybridized carbons (Fsp3) is 0.300. The van der Waals surface area contributed by atoms with Crippen molar-refractivity contribution in [2.45, 2.75) is 19.3 Å². The minimum absolute atomic E-state index is 0.0768. The van der Waals surface area contributed by atoms with E-state index in [0.29, 0.717) is 24.2 Å². The third kappa shape index (κ3) is 2.10. The van der Waals surface area contributed by atoms with Crippen molar-refractivity contribution in [2.75, 3.05) is 0 Å². The van der Waals surface area contributed by atoms with E-state index in [1.54, 1.807) is 18.3 Å². The van der Waals surface area contributed by atoms with E-state index < -0.39 is 5.97 Å². The quantitative estimate of drug-likeness (QED) is 0.783. The van der Waals surface area contributed by atoms with Crippen molar-refractivity contribution in [3.8, 4) is 0 Å². The number of aromatic amines is 1. The number of hydrogen-bond donors (Lipinski definition) is 2. The maximum absolute atomic E-state index is 11.5. The van der Waals surface area contributed by atoms with E-state index in [-0.39, 0.29) is 12.0 Å². The summed E-state index contributed by atoms with van der Waals surface area (Å²) in [6.45, 7) is 0. The van der Waals surface area contributed by atoms with Gasteiger partial charge in [-0.1, -0.05) is 0 Å². The lowest BCUT2D eigenvalue weighted by Crippen LogP contribution is -2.15. The molecule has 6 nitrogen and oxygen atoms in total. The van der Waals surface area contributed by atoms with E-state index in [1.165, 1.54) is 4.52 Å². The minimum Gasteiger partial charge on any atom is -0.481 e. The Bertz CT molecular complexity index is 570. The molecule has 0 amide bonds. The number of carboxylic acid groups (broad SMARTS) is 1. The Morgan fingerprint density at radius 3 is 3.12 bits per heavy atom. The minimum atomic E-state index is -0.843. The number of nitrogens with zero attached hydrogens (tertiary/aromatic N) is 2. The predicted octanol–water partition coefficient (Wildman–Crippen LogP) is 0.430. The van der Waals surface area contributed by atoms with Gasteiger partial charge in [0.15, 0.2) is 0 Å². The molecule has 84 valence electrons. The van der Waals surface area contributed by atoms with Crippen LogP contribution >= 0.6 is 0 Å². The fourth-order valence-corrected chi connectivity index (χ4v) is 1.51. The molecular weight excluding hydrogens is 210 g/mol. The van der Waals surface area contributed by atoms with Crippen LogP contribution in [0, 0.1) is 0 Å². The van der Waals surface area contributed by atoms with Gasteiger partial charge >= 0.3 is 5.97 Å². The van der Waals surface area contributed by atoms with Gasteiger partial charge in [-0.05, 0) is 18.6 Å². The molecule has 2 rings (SSSR count). The predicted molar refractivity (Wildman–Crippen MR) is 56.4 cm³/mol. The van der Waals surface area contributed by atoms with Crippen LogP contribution in [0.5, 0.6) is 0 Å². The van der Waals surface area contributed by atoms with E-state index >= 15 is 0 Å². The topological polar surface area (TPSA) is 87.5 Å². The van der Waals surface area contributed by atoms with E-state index in [9.17, 15) is 9.59 Å². The summed E-state index contributed by atoms with van der Waals surface area (Å²) >= 11 is 0. The Morgan fingerprint density at radius 1 is 1.56 bits per heavy atom. The summed E-state index contributed by atoms with van der Waals surface area (Å²) in [6, 6.07) is 3.41. The molecule has 0 unspecified atom stereocenters. The first-order valence-corrected chi connectivity index (χ1v) is 4.95. The summed E-state index contributed by atoms with van der Waals surface area (Å²) in [7, 11) is 0. The van der Waals surface area contributed by atoms with E-state index in [1.807, 2.05) is 0 Å². The Morgan fingerprint density at radius 2 is 2.38 bits per heavy atom. The molecule has 2 heterocycles. The second-order valence-corrected chi connectivity index (χ2v) is 3.49. The van der Waals surface area contributed by atoms with Gasteiger partial charge in [0, 0.05) is 19.0 Å². The Kier molecular flexibility index (Phi) is 2.72. The zero-order valence-corrected chi connectivity index (χ0v) is 8.51. The smallest absolute Gasteiger partial charge is 0.303 e. The van der Waals surface area contributed by atoms with Gasteiger partial charge in [0.05, 0.1) is 0 Å². The zero-order valence-electron chi connectivity index (χ0n) is 8.51.